The average Bonchev–Trinajstić information content (AvgIpc) is 2.74. The average molecular weight is 474 g/mol. The van der Waals surface area contributed by atoms with E-state index in [1.54, 1.807) is 44.6 Å². The molecule has 0 spiro atoms. The number of carbonyl (C=O) groups is 1. The van der Waals surface area contributed by atoms with Gasteiger partial charge in [0.15, 0.2) is 5.75 Å². The van der Waals surface area contributed by atoms with Crippen molar-refractivity contribution in [2.45, 2.75) is 13.5 Å². The summed E-state index contributed by atoms with van der Waals surface area (Å²) in [6.07, 6.45) is 0. The monoisotopic (exact) mass is 473 g/mol. The molecule has 30 heavy (non-hydrogen) atoms. The van der Waals surface area contributed by atoms with Gasteiger partial charge in [-0.3, -0.25) is 4.79 Å². The number of hydrogen-bond acceptors (Lipinski definition) is 4. The van der Waals surface area contributed by atoms with Crippen molar-refractivity contribution < 1.29 is 23.4 Å². The molecule has 0 aliphatic carbocycles. The minimum absolute atomic E-state index is 0.149. The van der Waals surface area contributed by atoms with Crippen LogP contribution in [0.25, 0.3) is 0 Å². The van der Waals surface area contributed by atoms with Crippen LogP contribution in [0.5, 0.6) is 23.0 Å². The molecule has 0 saturated carbocycles. The zero-order chi connectivity index (χ0) is 21.7. The first-order chi connectivity index (χ1) is 14.4. The van der Waals surface area contributed by atoms with E-state index in [-0.39, 0.29) is 12.5 Å². The molecule has 0 fully saturated rings. The fraction of sp³-hybridized carbons (Fsp3) is 0.174. The largest absolute Gasteiger partial charge is 0.497 e. The van der Waals surface area contributed by atoms with Gasteiger partial charge >= 0.3 is 0 Å². The molecule has 0 unspecified atom stereocenters. The number of methoxy groups -OCH3 is 2. The Labute approximate surface area is 183 Å². The van der Waals surface area contributed by atoms with Gasteiger partial charge in [-0.25, -0.2) is 4.39 Å². The van der Waals surface area contributed by atoms with E-state index in [0.717, 1.165) is 4.47 Å². The fourth-order valence-corrected chi connectivity index (χ4v) is 3.22. The summed E-state index contributed by atoms with van der Waals surface area (Å²) in [5.74, 6) is 1.39. The lowest BCUT2D eigenvalue weighted by Gasteiger charge is -2.25. The number of nitrogens with zero attached hydrogens (tertiary/aromatic N) is 1. The second kappa shape index (κ2) is 9.63. The van der Waals surface area contributed by atoms with Gasteiger partial charge < -0.3 is 19.1 Å². The maximum atomic E-state index is 14.1. The number of amides is 1. The Hall–Kier alpha value is -3.06. The Morgan fingerprint density at radius 1 is 0.933 bits per heavy atom. The zero-order valence-corrected chi connectivity index (χ0v) is 18.4. The lowest BCUT2D eigenvalue weighted by Crippen LogP contribution is -2.28. The summed E-state index contributed by atoms with van der Waals surface area (Å²) in [5.41, 5.74) is 1.03. The van der Waals surface area contributed by atoms with E-state index in [2.05, 4.69) is 15.9 Å². The number of rotatable bonds is 7. The highest BCUT2D eigenvalue weighted by Gasteiger charge is 2.20. The van der Waals surface area contributed by atoms with Gasteiger partial charge in [0.25, 0.3) is 0 Å². The Kier molecular flexibility index (Phi) is 6.95. The normalized spacial score (nSPS) is 10.4. The number of ether oxygens (including phenoxy) is 3. The molecule has 3 aromatic rings. The zero-order valence-electron chi connectivity index (χ0n) is 16.8. The Morgan fingerprint density at radius 3 is 2.23 bits per heavy atom. The first-order valence-corrected chi connectivity index (χ1v) is 9.92. The van der Waals surface area contributed by atoms with Crippen LogP contribution in [-0.2, 0) is 11.3 Å². The number of hydrogen-bond donors (Lipinski definition) is 0. The summed E-state index contributed by atoms with van der Waals surface area (Å²) >= 11 is 3.38. The van der Waals surface area contributed by atoms with Gasteiger partial charge in [-0.1, -0.05) is 15.9 Å². The van der Waals surface area contributed by atoms with E-state index in [4.69, 9.17) is 14.2 Å². The van der Waals surface area contributed by atoms with Crippen molar-refractivity contribution in [2.75, 3.05) is 19.1 Å². The molecule has 5 nitrogen and oxygen atoms in total. The van der Waals surface area contributed by atoms with Crippen molar-refractivity contribution in [3.8, 4) is 23.0 Å². The van der Waals surface area contributed by atoms with Gasteiger partial charge in [-0.2, -0.15) is 0 Å². The predicted molar refractivity (Wildman–Crippen MR) is 117 cm³/mol. The topological polar surface area (TPSA) is 48.0 Å². The summed E-state index contributed by atoms with van der Waals surface area (Å²) < 4.78 is 31.7. The van der Waals surface area contributed by atoms with E-state index < -0.39 is 5.82 Å². The second-order valence-corrected chi connectivity index (χ2v) is 7.37. The van der Waals surface area contributed by atoms with Gasteiger partial charge in [-0.15, -0.1) is 0 Å². The third-order valence-electron chi connectivity index (χ3n) is 4.45. The molecule has 0 bridgehead atoms. The van der Waals surface area contributed by atoms with E-state index in [9.17, 15) is 9.18 Å². The van der Waals surface area contributed by atoms with Gasteiger partial charge in [0.05, 0.1) is 26.5 Å². The van der Waals surface area contributed by atoms with Gasteiger partial charge in [0.2, 0.25) is 5.91 Å². The highest BCUT2D eigenvalue weighted by molar-refractivity contribution is 9.10. The lowest BCUT2D eigenvalue weighted by molar-refractivity contribution is -0.116. The third kappa shape index (κ3) is 5.10. The smallest absolute Gasteiger partial charge is 0.224 e. The van der Waals surface area contributed by atoms with Gasteiger partial charge in [0, 0.05) is 23.0 Å². The van der Waals surface area contributed by atoms with E-state index >= 15 is 0 Å². The molecule has 0 N–H and O–H groups in total. The van der Waals surface area contributed by atoms with E-state index in [1.165, 1.54) is 30.0 Å². The minimum Gasteiger partial charge on any atom is -0.497 e. The van der Waals surface area contributed by atoms with Gasteiger partial charge in [0.1, 0.15) is 23.1 Å². The van der Waals surface area contributed by atoms with Crippen LogP contribution in [0.1, 0.15) is 12.5 Å². The van der Waals surface area contributed by atoms with Crippen molar-refractivity contribution >= 4 is 27.5 Å². The van der Waals surface area contributed by atoms with Crippen molar-refractivity contribution in [2.24, 2.45) is 0 Å². The molecule has 0 saturated heterocycles. The van der Waals surface area contributed by atoms with Crippen LogP contribution < -0.4 is 19.1 Å². The number of halogens is 2. The van der Waals surface area contributed by atoms with Crippen LogP contribution >= 0.6 is 15.9 Å². The Morgan fingerprint density at radius 2 is 1.60 bits per heavy atom. The Bertz CT molecular complexity index is 1040. The van der Waals surface area contributed by atoms with E-state index in [0.29, 0.717) is 34.2 Å². The number of carbonyl (C=O) groups excluding carboxylic acids is 1. The first-order valence-electron chi connectivity index (χ1n) is 9.13. The molecule has 7 heteroatoms. The molecule has 3 aromatic carbocycles. The molecule has 156 valence electrons. The quantitative estimate of drug-likeness (QED) is 0.425. The molecular weight excluding hydrogens is 453 g/mol. The Balaban J connectivity index is 2.01. The van der Waals surface area contributed by atoms with Crippen molar-refractivity contribution in [3.05, 3.63) is 76.5 Å². The second-order valence-electron chi connectivity index (χ2n) is 6.45. The van der Waals surface area contributed by atoms with Crippen LogP contribution in [0.15, 0.2) is 65.1 Å². The summed E-state index contributed by atoms with van der Waals surface area (Å²) in [4.78, 5) is 14.0. The lowest BCUT2D eigenvalue weighted by atomic mass is 10.1. The maximum Gasteiger partial charge on any atom is 0.224 e. The third-order valence-corrected chi connectivity index (χ3v) is 4.98. The molecule has 0 aliphatic rings. The molecule has 0 radical (unpaired) electrons. The van der Waals surface area contributed by atoms with Crippen LogP contribution in [-0.4, -0.2) is 20.1 Å². The first kappa shape index (κ1) is 21.6. The SMILES string of the molecule is COc1ccc(OC)c(CN(C(C)=O)c2cc(F)ccc2Oc2ccc(Br)cc2)c1. The predicted octanol–water partition coefficient (Wildman–Crippen LogP) is 5.95. The molecule has 0 aliphatic heterocycles. The van der Waals surface area contributed by atoms with Crippen LogP contribution in [0.3, 0.4) is 0 Å². The van der Waals surface area contributed by atoms with Crippen molar-refractivity contribution in [1.82, 2.24) is 0 Å². The summed E-state index contributed by atoms with van der Waals surface area (Å²) in [5, 5.41) is 0. The van der Waals surface area contributed by atoms with E-state index in [1.807, 2.05) is 12.1 Å². The summed E-state index contributed by atoms with van der Waals surface area (Å²) in [6.45, 7) is 1.57. The van der Waals surface area contributed by atoms with Crippen molar-refractivity contribution in [1.29, 1.82) is 0 Å². The summed E-state index contributed by atoms with van der Waals surface area (Å²) in [6, 6.07) is 16.6. The fourth-order valence-electron chi connectivity index (χ4n) is 2.96. The highest BCUT2D eigenvalue weighted by atomic mass is 79.9. The number of anilines is 1. The van der Waals surface area contributed by atoms with Crippen LogP contribution in [0, 0.1) is 5.82 Å². The minimum atomic E-state index is -0.475. The number of benzene rings is 3. The molecule has 0 aromatic heterocycles. The highest BCUT2D eigenvalue weighted by Crippen LogP contribution is 2.36. The van der Waals surface area contributed by atoms with Crippen molar-refractivity contribution in [3.63, 3.8) is 0 Å². The van der Waals surface area contributed by atoms with Crippen LogP contribution in [0.4, 0.5) is 10.1 Å². The molecular formula is C23H21BrFNO4. The standard InChI is InChI=1S/C23H21BrFNO4/c1-15(27)26(14-16-12-20(28-2)9-11-22(16)29-3)21-13-18(25)6-10-23(21)30-19-7-4-17(24)5-8-19/h4-13H,14H2,1-3H3. The van der Waals surface area contributed by atoms with Gasteiger partial charge in [-0.05, 0) is 54.6 Å². The summed E-state index contributed by atoms with van der Waals surface area (Å²) in [7, 11) is 3.11. The molecule has 0 atom stereocenters. The molecule has 0 heterocycles. The molecule has 1 amide bonds. The molecule has 3 rings (SSSR count). The van der Waals surface area contributed by atoms with Crippen LogP contribution in [0.2, 0.25) is 0 Å². The maximum absolute atomic E-state index is 14.1.